The summed E-state index contributed by atoms with van der Waals surface area (Å²) >= 11 is 0. The fourth-order valence-corrected chi connectivity index (χ4v) is 5.33. The van der Waals surface area contributed by atoms with E-state index in [0.717, 1.165) is 5.56 Å². The molecule has 0 bridgehead atoms. The predicted octanol–water partition coefficient (Wildman–Crippen LogP) is 4.32. The first-order valence-corrected chi connectivity index (χ1v) is 12.7. The van der Waals surface area contributed by atoms with Crippen molar-refractivity contribution in [3.8, 4) is 5.75 Å². The molecule has 204 valence electrons. The summed E-state index contributed by atoms with van der Waals surface area (Å²) < 4.78 is 15.9. The molecule has 0 radical (unpaired) electrons. The van der Waals surface area contributed by atoms with Crippen LogP contribution in [-0.2, 0) is 23.9 Å². The van der Waals surface area contributed by atoms with Crippen LogP contribution in [0, 0.1) is 16.0 Å². The second-order valence-corrected chi connectivity index (χ2v) is 9.24. The first-order valence-electron chi connectivity index (χ1n) is 12.7. The first kappa shape index (κ1) is 27.6. The van der Waals surface area contributed by atoms with Gasteiger partial charge in [-0.05, 0) is 50.5 Å². The number of methoxy groups -OCH3 is 1. The number of nitrogens with zero attached hydrogens (tertiary/aromatic N) is 1. The highest BCUT2D eigenvalue weighted by atomic mass is 16.6. The summed E-state index contributed by atoms with van der Waals surface area (Å²) in [5.41, 5.74) is 2.32. The van der Waals surface area contributed by atoms with Crippen molar-refractivity contribution in [1.29, 1.82) is 0 Å². The van der Waals surface area contributed by atoms with Crippen LogP contribution in [0.2, 0.25) is 0 Å². The summed E-state index contributed by atoms with van der Waals surface area (Å²) in [7, 11) is 1.55. The average Bonchev–Trinajstić information content (AvgIpc) is 2.92. The summed E-state index contributed by atoms with van der Waals surface area (Å²) in [6.45, 7) is 5.22. The van der Waals surface area contributed by atoms with E-state index < -0.39 is 40.4 Å². The molecular formula is C29H30N2O8. The van der Waals surface area contributed by atoms with Crippen molar-refractivity contribution in [1.82, 2.24) is 5.32 Å². The number of dihydropyridines is 1. The second-order valence-electron chi connectivity index (χ2n) is 9.24. The van der Waals surface area contributed by atoms with Crippen molar-refractivity contribution in [3.63, 3.8) is 0 Å². The standard InChI is InChI=1S/C29H30N2O8/c1-5-38-28(33)23-16(3)30-22-15-21(17-10-12-20(37-4)13-11-17)25(29(34)39-6-2)27(32)26(22)24(23)18-8-7-9-19(14-18)31(35)36/h7-14,21,24-25,30H,5-6,15H2,1-4H3. The molecule has 3 unspecified atom stereocenters. The van der Waals surface area contributed by atoms with E-state index in [4.69, 9.17) is 14.2 Å². The topological polar surface area (TPSA) is 134 Å². The van der Waals surface area contributed by atoms with E-state index in [1.807, 2.05) is 12.1 Å². The molecule has 1 aliphatic carbocycles. The number of nitrogens with one attached hydrogen (secondary N) is 1. The van der Waals surface area contributed by atoms with Gasteiger partial charge in [0, 0.05) is 40.9 Å². The third-order valence-electron chi connectivity index (χ3n) is 7.01. The van der Waals surface area contributed by atoms with Gasteiger partial charge in [-0.2, -0.15) is 0 Å². The first-order chi connectivity index (χ1) is 18.7. The molecule has 0 saturated heterocycles. The Kier molecular flexibility index (Phi) is 8.13. The molecule has 0 spiro atoms. The second kappa shape index (κ2) is 11.5. The molecule has 0 aromatic heterocycles. The summed E-state index contributed by atoms with van der Waals surface area (Å²) in [6.07, 6.45) is 0.274. The molecule has 1 heterocycles. The number of nitro benzene ring substituents is 1. The van der Waals surface area contributed by atoms with Crippen molar-refractivity contribution in [2.24, 2.45) is 5.92 Å². The van der Waals surface area contributed by atoms with E-state index in [1.165, 1.54) is 18.2 Å². The lowest BCUT2D eigenvalue weighted by molar-refractivity contribution is -0.384. The Morgan fingerprint density at radius 3 is 2.36 bits per heavy atom. The molecule has 10 nitrogen and oxygen atoms in total. The Bertz CT molecular complexity index is 1380. The minimum absolute atomic E-state index is 0.0868. The summed E-state index contributed by atoms with van der Waals surface area (Å²) in [4.78, 5) is 51.7. The number of carbonyl (C=O) groups is 3. The Morgan fingerprint density at radius 1 is 1.05 bits per heavy atom. The molecule has 4 rings (SSSR count). The third-order valence-corrected chi connectivity index (χ3v) is 7.01. The van der Waals surface area contributed by atoms with Crippen LogP contribution < -0.4 is 10.1 Å². The molecule has 0 amide bonds. The van der Waals surface area contributed by atoms with Crippen LogP contribution in [0.3, 0.4) is 0 Å². The number of hydrogen-bond acceptors (Lipinski definition) is 9. The molecule has 2 aliphatic rings. The van der Waals surface area contributed by atoms with Gasteiger partial charge >= 0.3 is 11.9 Å². The van der Waals surface area contributed by atoms with E-state index >= 15 is 0 Å². The lowest BCUT2D eigenvalue weighted by atomic mass is 9.67. The fourth-order valence-electron chi connectivity index (χ4n) is 5.33. The minimum atomic E-state index is -1.18. The van der Waals surface area contributed by atoms with Gasteiger partial charge < -0.3 is 19.5 Å². The van der Waals surface area contributed by atoms with Crippen molar-refractivity contribution >= 4 is 23.4 Å². The molecular weight excluding hydrogens is 504 g/mol. The van der Waals surface area contributed by atoms with E-state index in [1.54, 1.807) is 46.1 Å². The number of benzene rings is 2. The minimum Gasteiger partial charge on any atom is -0.497 e. The Labute approximate surface area is 225 Å². The monoisotopic (exact) mass is 534 g/mol. The number of esters is 2. The molecule has 2 aromatic rings. The number of rotatable bonds is 8. The number of carbonyl (C=O) groups excluding carboxylic acids is 3. The quantitative estimate of drug-likeness (QED) is 0.227. The van der Waals surface area contributed by atoms with Gasteiger partial charge in [0.25, 0.3) is 5.69 Å². The van der Waals surface area contributed by atoms with Crippen molar-refractivity contribution in [2.45, 2.75) is 39.0 Å². The van der Waals surface area contributed by atoms with Crippen LogP contribution in [0.1, 0.15) is 50.2 Å². The molecule has 39 heavy (non-hydrogen) atoms. The largest absolute Gasteiger partial charge is 0.497 e. The van der Waals surface area contributed by atoms with Crippen LogP contribution in [0.4, 0.5) is 5.69 Å². The summed E-state index contributed by atoms with van der Waals surface area (Å²) in [5, 5.41) is 14.8. The van der Waals surface area contributed by atoms with Crippen molar-refractivity contribution < 1.29 is 33.5 Å². The SMILES string of the molecule is CCOC(=O)C1=C(C)NC2=C(C(=O)C(C(=O)OCC)C(c3ccc(OC)cc3)C2)C1c1cccc([N+](=O)[O-])c1. The number of hydrogen-bond donors (Lipinski definition) is 1. The number of ether oxygens (including phenoxy) is 3. The van der Waals surface area contributed by atoms with Crippen LogP contribution in [0.25, 0.3) is 0 Å². The fraction of sp³-hybridized carbons (Fsp3) is 0.345. The number of non-ortho nitro benzene ring substituents is 1. The van der Waals surface area contributed by atoms with Crippen LogP contribution in [0.15, 0.2) is 71.1 Å². The lowest BCUT2D eigenvalue weighted by Crippen LogP contribution is -2.43. The Morgan fingerprint density at radius 2 is 1.74 bits per heavy atom. The highest BCUT2D eigenvalue weighted by Crippen LogP contribution is 2.48. The van der Waals surface area contributed by atoms with Crippen LogP contribution in [-0.4, -0.2) is 43.0 Å². The van der Waals surface area contributed by atoms with Gasteiger partial charge in [-0.15, -0.1) is 0 Å². The highest BCUT2D eigenvalue weighted by molar-refractivity contribution is 6.13. The predicted molar refractivity (Wildman–Crippen MR) is 141 cm³/mol. The van der Waals surface area contributed by atoms with Crippen LogP contribution >= 0.6 is 0 Å². The van der Waals surface area contributed by atoms with Crippen molar-refractivity contribution in [2.75, 3.05) is 20.3 Å². The smallest absolute Gasteiger partial charge is 0.336 e. The zero-order chi connectivity index (χ0) is 28.3. The van der Waals surface area contributed by atoms with Gasteiger partial charge in [0.05, 0.1) is 30.8 Å². The molecule has 3 atom stereocenters. The normalized spacial score (nSPS) is 20.6. The molecule has 2 aromatic carbocycles. The number of allylic oxidation sites excluding steroid dienone is 3. The Hall–Kier alpha value is -4.47. The molecule has 1 aliphatic heterocycles. The molecule has 10 heteroatoms. The maximum atomic E-state index is 14.3. The van der Waals surface area contributed by atoms with Gasteiger partial charge in [0.2, 0.25) is 0 Å². The van der Waals surface area contributed by atoms with E-state index in [2.05, 4.69) is 5.32 Å². The Balaban J connectivity index is 1.91. The van der Waals surface area contributed by atoms with Gasteiger partial charge in [-0.3, -0.25) is 19.7 Å². The zero-order valence-corrected chi connectivity index (χ0v) is 22.2. The number of Topliss-reactive ketones (excluding diaryl/α,β-unsaturated/α-hetero) is 1. The lowest BCUT2D eigenvalue weighted by Gasteiger charge is -2.39. The van der Waals surface area contributed by atoms with Crippen molar-refractivity contribution in [3.05, 3.63) is 92.3 Å². The van der Waals surface area contributed by atoms with Crippen LogP contribution in [0.5, 0.6) is 5.75 Å². The molecule has 0 saturated carbocycles. The maximum Gasteiger partial charge on any atom is 0.336 e. The van der Waals surface area contributed by atoms with E-state index in [0.29, 0.717) is 22.7 Å². The molecule has 1 N–H and O–H groups in total. The summed E-state index contributed by atoms with van der Waals surface area (Å²) in [6, 6.07) is 12.9. The maximum absolute atomic E-state index is 14.3. The highest BCUT2D eigenvalue weighted by Gasteiger charge is 2.49. The summed E-state index contributed by atoms with van der Waals surface area (Å²) in [5.74, 6) is -3.89. The van der Waals surface area contributed by atoms with Gasteiger partial charge in [-0.1, -0.05) is 24.3 Å². The van der Waals surface area contributed by atoms with Gasteiger partial charge in [0.1, 0.15) is 11.7 Å². The number of ketones is 1. The van der Waals surface area contributed by atoms with Gasteiger partial charge in [0.15, 0.2) is 5.78 Å². The van der Waals surface area contributed by atoms with Gasteiger partial charge in [-0.25, -0.2) is 4.79 Å². The number of nitro groups is 1. The molecule has 0 fully saturated rings. The zero-order valence-electron chi connectivity index (χ0n) is 22.2. The third kappa shape index (κ3) is 5.27. The van der Waals surface area contributed by atoms with E-state index in [-0.39, 0.29) is 36.5 Å². The van der Waals surface area contributed by atoms with E-state index in [9.17, 15) is 24.5 Å². The average molecular weight is 535 g/mol.